The fourth-order valence-electron chi connectivity index (χ4n) is 5.33. The molecule has 4 heteroatoms. The van der Waals surface area contributed by atoms with Gasteiger partial charge in [-0.1, -0.05) is 106 Å². The van der Waals surface area contributed by atoms with Crippen LogP contribution in [0.1, 0.15) is 93.2 Å². The van der Waals surface area contributed by atoms with Crippen molar-refractivity contribution in [2.75, 3.05) is 22.9 Å². The monoisotopic (exact) mass is 514 g/mol. The summed E-state index contributed by atoms with van der Waals surface area (Å²) in [5.41, 5.74) is 5.33. The summed E-state index contributed by atoms with van der Waals surface area (Å²) in [5, 5.41) is 0. The number of nitrogens with zero attached hydrogens (tertiary/aromatic N) is 4. The second-order valence-corrected chi connectivity index (χ2v) is 13.6. The van der Waals surface area contributed by atoms with Crippen LogP contribution in [0.5, 0.6) is 0 Å². The molecule has 0 aromatic heterocycles. The van der Waals surface area contributed by atoms with Crippen molar-refractivity contribution in [3.8, 4) is 0 Å². The molecule has 0 fully saturated rings. The van der Waals surface area contributed by atoms with Gasteiger partial charge in [-0.2, -0.15) is 0 Å². The van der Waals surface area contributed by atoms with Gasteiger partial charge in [-0.15, -0.1) is 0 Å². The first kappa shape index (κ1) is 28.4. The van der Waals surface area contributed by atoms with E-state index in [0.29, 0.717) is 11.8 Å². The third-order valence-corrected chi connectivity index (χ3v) is 8.68. The fraction of sp³-hybridized carbons (Fsp3) is 0.588. The Kier molecular flexibility index (Phi) is 8.12. The average Bonchev–Trinajstić information content (AvgIpc) is 3.52. The van der Waals surface area contributed by atoms with Gasteiger partial charge in [0.05, 0.1) is 12.1 Å². The molecule has 0 saturated heterocycles. The number of aliphatic imine (C=N–C) groups is 2. The Labute approximate surface area is 232 Å². The van der Waals surface area contributed by atoms with Crippen molar-refractivity contribution in [2.45, 2.75) is 105 Å². The summed E-state index contributed by atoms with van der Waals surface area (Å²) >= 11 is 0. The standard InChI is InChI=1S/C34H50N4/c1-11-23(3)29-21-37(27-17-13-15-25(19-27)33(5,6)7)31(35-29)32-36-30(24(4)12-2)22-38(32)28-18-14-16-26(20-28)34(8,9)10/h13-20,23-24,29-30H,11-12,21-22H2,1-10H3/t23-,24+,29-,30+. The smallest absolute Gasteiger partial charge is 0.172 e. The zero-order valence-electron chi connectivity index (χ0n) is 25.5. The molecule has 206 valence electrons. The van der Waals surface area contributed by atoms with Gasteiger partial charge in [-0.25, -0.2) is 0 Å². The van der Waals surface area contributed by atoms with E-state index in [1.165, 1.54) is 22.5 Å². The van der Waals surface area contributed by atoms with E-state index in [1.807, 2.05) is 0 Å². The summed E-state index contributed by atoms with van der Waals surface area (Å²) in [7, 11) is 0. The average molecular weight is 515 g/mol. The maximum Gasteiger partial charge on any atom is 0.172 e. The van der Waals surface area contributed by atoms with Gasteiger partial charge in [-0.3, -0.25) is 9.98 Å². The van der Waals surface area contributed by atoms with Gasteiger partial charge < -0.3 is 9.80 Å². The minimum absolute atomic E-state index is 0.0924. The number of benzene rings is 2. The molecule has 0 bridgehead atoms. The highest BCUT2D eigenvalue weighted by Gasteiger charge is 2.39. The van der Waals surface area contributed by atoms with E-state index in [0.717, 1.165) is 37.6 Å². The van der Waals surface area contributed by atoms with Crippen LogP contribution in [-0.4, -0.2) is 36.8 Å². The van der Waals surface area contributed by atoms with Gasteiger partial charge in [-0.05, 0) is 58.1 Å². The first-order valence-corrected chi connectivity index (χ1v) is 14.8. The maximum atomic E-state index is 5.43. The van der Waals surface area contributed by atoms with Crippen molar-refractivity contribution in [1.82, 2.24) is 0 Å². The van der Waals surface area contributed by atoms with E-state index in [1.54, 1.807) is 0 Å². The van der Waals surface area contributed by atoms with Gasteiger partial charge in [0.15, 0.2) is 11.7 Å². The van der Waals surface area contributed by atoms with Crippen LogP contribution in [-0.2, 0) is 10.8 Å². The first-order chi connectivity index (χ1) is 17.8. The Morgan fingerprint density at radius 1 is 0.684 bits per heavy atom. The van der Waals surface area contributed by atoms with Crippen molar-refractivity contribution >= 4 is 23.0 Å². The third-order valence-electron chi connectivity index (χ3n) is 8.68. The van der Waals surface area contributed by atoms with Crippen molar-refractivity contribution in [3.63, 3.8) is 0 Å². The molecule has 38 heavy (non-hydrogen) atoms. The molecule has 0 N–H and O–H groups in total. The number of hydrogen-bond donors (Lipinski definition) is 0. The van der Waals surface area contributed by atoms with E-state index in [9.17, 15) is 0 Å². The molecule has 4 rings (SSSR count). The molecule has 0 unspecified atom stereocenters. The molecule has 2 aromatic carbocycles. The minimum Gasteiger partial charge on any atom is -0.321 e. The van der Waals surface area contributed by atoms with Crippen LogP contribution in [0.15, 0.2) is 58.5 Å². The Hall–Kier alpha value is -2.62. The summed E-state index contributed by atoms with van der Waals surface area (Å²) in [6.07, 6.45) is 2.24. The summed E-state index contributed by atoms with van der Waals surface area (Å²) in [5.74, 6) is 3.11. The topological polar surface area (TPSA) is 31.2 Å². The summed E-state index contributed by atoms with van der Waals surface area (Å²) in [4.78, 5) is 15.8. The van der Waals surface area contributed by atoms with E-state index in [-0.39, 0.29) is 22.9 Å². The van der Waals surface area contributed by atoms with E-state index in [4.69, 9.17) is 9.98 Å². The SMILES string of the molecule is CC[C@@H](C)[C@H]1CN(c2cccc(C(C)(C)C)c2)C(C2=N[C@H]([C@@H](C)CC)CN2c2cccc(C(C)(C)C)c2)=N1. The van der Waals surface area contributed by atoms with E-state index < -0.39 is 0 Å². The molecule has 0 saturated carbocycles. The Balaban J connectivity index is 1.82. The highest BCUT2D eigenvalue weighted by Crippen LogP contribution is 2.34. The molecule has 0 radical (unpaired) electrons. The summed E-state index contributed by atoms with van der Waals surface area (Å²) < 4.78 is 0. The summed E-state index contributed by atoms with van der Waals surface area (Å²) in [6, 6.07) is 18.6. The van der Waals surface area contributed by atoms with Crippen LogP contribution in [0, 0.1) is 11.8 Å². The number of anilines is 2. The summed E-state index contributed by atoms with van der Waals surface area (Å²) in [6.45, 7) is 24.8. The lowest BCUT2D eigenvalue weighted by molar-refractivity contribution is 0.464. The highest BCUT2D eigenvalue weighted by molar-refractivity contribution is 6.50. The molecular weight excluding hydrogens is 464 g/mol. The Morgan fingerprint density at radius 3 is 1.37 bits per heavy atom. The lowest BCUT2D eigenvalue weighted by Crippen LogP contribution is -2.42. The number of hydrogen-bond acceptors (Lipinski definition) is 4. The van der Waals surface area contributed by atoms with Gasteiger partial charge in [0.1, 0.15) is 0 Å². The largest absolute Gasteiger partial charge is 0.321 e. The lowest BCUT2D eigenvalue weighted by atomic mass is 9.86. The van der Waals surface area contributed by atoms with Crippen LogP contribution in [0.2, 0.25) is 0 Å². The van der Waals surface area contributed by atoms with Crippen molar-refractivity contribution in [3.05, 3.63) is 59.7 Å². The molecule has 0 spiro atoms. The van der Waals surface area contributed by atoms with Gasteiger partial charge in [0.2, 0.25) is 0 Å². The fourth-order valence-corrected chi connectivity index (χ4v) is 5.33. The second-order valence-electron chi connectivity index (χ2n) is 13.6. The minimum atomic E-state index is 0.0924. The maximum absolute atomic E-state index is 5.43. The molecule has 4 atom stereocenters. The third kappa shape index (κ3) is 5.84. The normalized spacial score (nSPS) is 21.9. The molecule has 2 aliphatic heterocycles. The predicted molar refractivity (Wildman–Crippen MR) is 166 cm³/mol. The van der Waals surface area contributed by atoms with Crippen LogP contribution in [0.25, 0.3) is 0 Å². The van der Waals surface area contributed by atoms with Crippen molar-refractivity contribution in [2.24, 2.45) is 21.8 Å². The Morgan fingerprint density at radius 2 is 1.05 bits per heavy atom. The second kappa shape index (κ2) is 10.9. The highest BCUT2D eigenvalue weighted by atomic mass is 15.4. The van der Waals surface area contributed by atoms with Gasteiger partial charge >= 0.3 is 0 Å². The van der Waals surface area contributed by atoms with Gasteiger partial charge in [0, 0.05) is 24.5 Å². The van der Waals surface area contributed by atoms with Crippen LogP contribution in [0.3, 0.4) is 0 Å². The van der Waals surface area contributed by atoms with Gasteiger partial charge in [0.25, 0.3) is 0 Å². The number of rotatable bonds is 7. The van der Waals surface area contributed by atoms with Crippen molar-refractivity contribution < 1.29 is 0 Å². The Bertz CT molecular complexity index is 1090. The molecule has 0 aliphatic carbocycles. The molecule has 2 aliphatic rings. The molecule has 2 heterocycles. The van der Waals surface area contributed by atoms with E-state index >= 15 is 0 Å². The van der Waals surface area contributed by atoms with E-state index in [2.05, 4.69) is 128 Å². The van der Waals surface area contributed by atoms with Crippen LogP contribution < -0.4 is 9.80 Å². The predicted octanol–water partition coefficient (Wildman–Crippen LogP) is 8.25. The number of amidine groups is 2. The molecular formula is C34H50N4. The molecule has 4 nitrogen and oxygen atoms in total. The van der Waals surface area contributed by atoms with Crippen molar-refractivity contribution in [1.29, 1.82) is 0 Å². The molecule has 0 amide bonds. The van der Waals surface area contributed by atoms with Crippen LogP contribution in [0.4, 0.5) is 11.4 Å². The zero-order chi connectivity index (χ0) is 27.8. The zero-order valence-corrected chi connectivity index (χ0v) is 25.5. The van der Waals surface area contributed by atoms with Crippen LogP contribution >= 0.6 is 0 Å². The quantitative estimate of drug-likeness (QED) is 0.372. The lowest BCUT2D eigenvalue weighted by Gasteiger charge is -2.29. The molecule has 2 aromatic rings. The first-order valence-electron chi connectivity index (χ1n) is 14.8.